The summed E-state index contributed by atoms with van der Waals surface area (Å²) in [6.07, 6.45) is 1.81. The number of nitrogens with zero attached hydrogens (tertiary/aromatic N) is 3. The Morgan fingerprint density at radius 2 is 1.84 bits per heavy atom. The van der Waals surface area contributed by atoms with Crippen LogP contribution in [0.25, 0.3) is 11.3 Å². The van der Waals surface area contributed by atoms with Crippen molar-refractivity contribution in [3.63, 3.8) is 0 Å². The van der Waals surface area contributed by atoms with Gasteiger partial charge in [-0.2, -0.15) is 5.10 Å². The van der Waals surface area contributed by atoms with Crippen molar-refractivity contribution in [1.29, 1.82) is 0 Å². The molecule has 0 N–H and O–H groups in total. The van der Waals surface area contributed by atoms with Crippen molar-refractivity contribution in [1.82, 2.24) is 4.68 Å². The molecule has 0 spiro atoms. The molecule has 0 fully saturated rings. The van der Waals surface area contributed by atoms with E-state index in [2.05, 4.69) is 43.1 Å². The number of ether oxygens (including phenoxy) is 2. The molecular formula is C25H29N3O2S. The van der Waals surface area contributed by atoms with E-state index in [0.717, 1.165) is 51.7 Å². The van der Waals surface area contributed by atoms with Crippen LogP contribution in [0.2, 0.25) is 0 Å². The first-order chi connectivity index (χ1) is 15.0. The van der Waals surface area contributed by atoms with Gasteiger partial charge in [0.15, 0.2) is 0 Å². The number of rotatable bonds is 9. The van der Waals surface area contributed by atoms with E-state index in [1.54, 1.807) is 25.6 Å². The van der Waals surface area contributed by atoms with Crippen molar-refractivity contribution in [2.75, 3.05) is 20.8 Å². The van der Waals surface area contributed by atoms with Crippen molar-refractivity contribution < 1.29 is 9.47 Å². The van der Waals surface area contributed by atoms with Crippen LogP contribution in [0.3, 0.4) is 0 Å². The quantitative estimate of drug-likeness (QED) is 0.326. The van der Waals surface area contributed by atoms with Crippen LogP contribution in [0, 0.1) is 0 Å². The molecule has 3 rings (SSSR count). The van der Waals surface area contributed by atoms with Crippen LogP contribution < -0.4 is 14.3 Å². The molecule has 0 amide bonds. The number of methoxy groups -OCH3 is 2. The minimum absolute atomic E-state index is 0.568. The predicted molar refractivity (Wildman–Crippen MR) is 129 cm³/mol. The molecule has 3 aromatic rings. The Balaban J connectivity index is 2.01. The lowest BCUT2D eigenvalue weighted by Crippen LogP contribution is -2.15. The van der Waals surface area contributed by atoms with Gasteiger partial charge < -0.3 is 9.47 Å². The Morgan fingerprint density at radius 3 is 2.52 bits per heavy atom. The molecule has 0 aliphatic heterocycles. The summed E-state index contributed by atoms with van der Waals surface area (Å²) in [5.41, 5.74) is 5.22. The zero-order valence-corrected chi connectivity index (χ0v) is 19.4. The molecule has 0 aliphatic carbocycles. The number of aromatic nitrogens is 1. The molecule has 6 heteroatoms. The molecule has 0 saturated carbocycles. The summed E-state index contributed by atoms with van der Waals surface area (Å²) < 4.78 is 12.9. The lowest BCUT2D eigenvalue weighted by Gasteiger charge is -2.11. The average molecular weight is 436 g/mol. The van der Waals surface area contributed by atoms with Crippen molar-refractivity contribution >= 4 is 17.0 Å². The first-order valence-electron chi connectivity index (χ1n) is 10.2. The smallest absolute Gasteiger partial charge is 0.206 e. The largest absolute Gasteiger partial charge is 0.497 e. The van der Waals surface area contributed by atoms with Gasteiger partial charge in [-0.05, 0) is 44.4 Å². The Bertz CT molecular complexity index is 1130. The number of hydrogen-bond acceptors (Lipinski definition) is 5. The second kappa shape index (κ2) is 10.8. The monoisotopic (exact) mass is 435 g/mol. The summed E-state index contributed by atoms with van der Waals surface area (Å²) in [5, 5.41) is 7.00. The summed E-state index contributed by atoms with van der Waals surface area (Å²) in [6.45, 7) is 8.57. The van der Waals surface area contributed by atoms with Gasteiger partial charge in [-0.3, -0.25) is 4.99 Å². The lowest BCUT2D eigenvalue weighted by atomic mass is 10.1. The second-order valence-corrected chi connectivity index (χ2v) is 8.21. The molecule has 1 aromatic heterocycles. The van der Waals surface area contributed by atoms with Crippen LogP contribution in [0.1, 0.15) is 25.8 Å². The van der Waals surface area contributed by atoms with Gasteiger partial charge >= 0.3 is 0 Å². The van der Waals surface area contributed by atoms with Gasteiger partial charge in [-0.15, -0.1) is 11.3 Å². The van der Waals surface area contributed by atoms with Crippen molar-refractivity contribution in [3.8, 4) is 22.8 Å². The van der Waals surface area contributed by atoms with Crippen molar-refractivity contribution in [2.45, 2.75) is 26.7 Å². The Morgan fingerprint density at radius 1 is 1.06 bits per heavy atom. The molecule has 2 aromatic carbocycles. The van der Waals surface area contributed by atoms with Gasteiger partial charge in [-0.1, -0.05) is 42.5 Å². The standard InChI is InChI=1S/C25H29N3O2S/c1-18(2)16-26-25-28(27-19(3)11-12-20-9-7-6-8-10-20)23(17-31-25)22-14-13-21(29-4)15-24(22)30-5/h6-10,13-15,17H,1,11-12,16H2,2-5H3. The molecule has 0 atom stereocenters. The van der Waals surface area contributed by atoms with E-state index in [1.807, 2.05) is 35.9 Å². The SMILES string of the molecule is C=C(C)CN=c1scc(-c2ccc(OC)cc2OC)n1N=C(C)CCc1ccccc1. The molecule has 0 bridgehead atoms. The molecule has 1 heterocycles. The first-order valence-corrected chi connectivity index (χ1v) is 11.1. The number of thiazole rings is 1. The minimum atomic E-state index is 0.568. The maximum absolute atomic E-state index is 5.63. The van der Waals surface area contributed by atoms with Crippen LogP contribution in [0.5, 0.6) is 11.5 Å². The highest BCUT2D eigenvalue weighted by Crippen LogP contribution is 2.33. The van der Waals surface area contributed by atoms with Crippen LogP contribution in [0.4, 0.5) is 0 Å². The minimum Gasteiger partial charge on any atom is -0.497 e. The third-order valence-corrected chi connectivity index (χ3v) is 5.60. The van der Waals surface area contributed by atoms with Crippen molar-refractivity contribution in [3.05, 3.63) is 76.4 Å². The Hall–Kier alpha value is -3.12. The summed E-state index contributed by atoms with van der Waals surface area (Å²) >= 11 is 1.56. The summed E-state index contributed by atoms with van der Waals surface area (Å²) in [7, 11) is 3.31. The zero-order valence-electron chi connectivity index (χ0n) is 18.6. The number of benzene rings is 2. The number of hydrogen-bond donors (Lipinski definition) is 0. The van der Waals surface area contributed by atoms with Crippen molar-refractivity contribution in [2.24, 2.45) is 10.1 Å². The Labute approximate surface area is 188 Å². The highest BCUT2D eigenvalue weighted by molar-refractivity contribution is 7.07. The van der Waals surface area contributed by atoms with E-state index in [0.29, 0.717) is 6.54 Å². The van der Waals surface area contributed by atoms with Crippen LogP contribution in [0.15, 0.2) is 76.2 Å². The van der Waals surface area contributed by atoms with E-state index in [-0.39, 0.29) is 0 Å². The fraction of sp³-hybridized carbons (Fsp3) is 0.280. The molecule has 0 aliphatic rings. The summed E-state index contributed by atoms with van der Waals surface area (Å²) in [6, 6.07) is 16.3. The van der Waals surface area contributed by atoms with E-state index >= 15 is 0 Å². The third kappa shape index (κ3) is 5.95. The molecule has 162 valence electrons. The Kier molecular flexibility index (Phi) is 7.84. The number of aryl methyl sites for hydroxylation is 1. The van der Waals surface area contributed by atoms with E-state index in [9.17, 15) is 0 Å². The lowest BCUT2D eigenvalue weighted by molar-refractivity contribution is 0.395. The maximum atomic E-state index is 5.63. The average Bonchev–Trinajstić information content (AvgIpc) is 3.18. The topological polar surface area (TPSA) is 48.1 Å². The molecule has 31 heavy (non-hydrogen) atoms. The first kappa shape index (κ1) is 22.6. The third-order valence-electron chi connectivity index (χ3n) is 4.74. The van der Waals surface area contributed by atoms with Gasteiger partial charge in [0.25, 0.3) is 0 Å². The molecule has 5 nitrogen and oxygen atoms in total. The highest BCUT2D eigenvalue weighted by atomic mass is 32.1. The predicted octanol–water partition coefficient (Wildman–Crippen LogP) is 5.57. The zero-order chi connectivity index (χ0) is 22.2. The van der Waals surface area contributed by atoms with E-state index < -0.39 is 0 Å². The van der Waals surface area contributed by atoms with Gasteiger partial charge in [-0.25, -0.2) is 4.68 Å². The second-order valence-electron chi connectivity index (χ2n) is 7.38. The van der Waals surface area contributed by atoms with E-state index in [4.69, 9.17) is 19.6 Å². The molecule has 0 unspecified atom stereocenters. The fourth-order valence-corrected chi connectivity index (χ4v) is 3.92. The van der Waals surface area contributed by atoms with Gasteiger partial charge in [0.2, 0.25) is 4.80 Å². The highest BCUT2D eigenvalue weighted by Gasteiger charge is 2.14. The molecule has 0 saturated heterocycles. The fourth-order valence-electron chi connectivity index (χ4n) is 3.09. The maximum Gasteiger partial charge on any atom is 0.206 e. The van der Waals surface area contributed by atoms with E-state index in [1.165, 1.54) is 5.56 Å². The van der Waals surface area contributed by atoms with Gasteiger partial charge in [0, 0.05) is 22.7 Å². The molecular weight excluding hydrogens is 406 g/mol. The summed E-state index contributed by atoms with van der Waals surface area (Å²) in [4.78, 5) is 5.55. The van der Waals surface area contributed by atoms with Gasteiger partial charge in [0.1, 0.15) is 11.5 Å². The molecule has 0 radical (unpaired) electrons. The van der Waals surface area contributed by atoms with Crippen LogP contribution in [-0.2, 0) is 6.42 Å². The van der Waals surface area contributed by atoms with Gasteiger partial charge in [0.05, 0.1) is 26.5 Å². The van der Waals surface area contributed by atoms with Crippen LogP contribution >= 0.6 is 11.3 Å². The van der Waals surface area contributed by atoms with Crippen LogP contribution in [-0.4, -0.2) is 31.2 Å². The summed E-state index contributed by atoms with van der Waals surface area (Å²) in [5.74, 6) is 1.48. The normalized spacial score (nSPS) is 12.1.